The maximum absolute atomic E-state index is 14.0. The van der Waals surface area contributed by atoms with Gasteiger partial charge in [-0.3, -0.25) is 19.3 Å². The lowest BCUT2D eigenvalue weighted by Gasteiger charge is -2.33. The predicted molar refractivity (Wildman–Crippen MR) is 132 cm³/mol. The monoisotopic (exact) mass is 495 g/mol. The Morgan fingerprint density at radius 1 is 1.03 bits per heavy atom. The molecule has 0 bridgehead atoms. The smallest absolute Gasteiger partial charge is 0.299 e. The highest BCUT2D eigenvalue weighted by molar-refractivity contribution is 6.52. The van der Waals surface area contributed by atoms with Gasteiger partial charge in [0.2, 0.25) is 0 Å². The molecule has 174 valence electrons. The molecule has 2 saturated heterocycles. The molecule has 2 amide bonds. The first-order chi connectivity index (χ1) is 16.4. The summed E-state index contributed by atoms with van der Waals surface area (Å²) in [7, 11) is 0. The quantitative estimate of drug-likeness (QED) is 0.464. The van der Waals surface area contributed by atoms with E-state index in [1.807, 2.05) is 18.2 Å². The number of carbonyl (C=O) groups excluding carboxylic acids is 3. The van der Waals surface area contributed by atoms with Gasteiger partial charge in [-0.05, 0) is 68.1 Å². The maximum Gasteiger partial charge on any atom is 0.299 e. The number of rotatable bonds is 4. The molecule has 0 saturated carbocycles. The van der Waals surface area contributed by atoms with E-state index >= 15 is 0 Å². The van der Waals surface area contributed by atoms with Crippen molar-refractivity contribution in [1.82, 2.24) is 4.90 Å². The number of anilines is 2. The summed E-state index contributed by atoms with van der Waals surface area (Å²) in [5, 5.41) is 1.02. The van der Waals surface area contributed by atoms with Gasteiger partial charge in [-0.1, -0.05) is 29.3 Å². The Kier molecular flexibility index (Phi) is 4.93. The molecule has 0 aromatic heterocycles. The van der Waals surface area contributed by atoms with Gasteiger partial charge in [0, 0.05) is 40.4 Å². The average molecular weight is 496 g/mol. The third-order valence-corrected chi connectivity index (χ3v) is 8.32. The van der Waals surface area contributed by atoms with E-state index in [2.05, 4.69) is 11.5 Å². The van der Waals surface area contributed by atoms with Crippen molar-refractivity contribution in [1.29, 1.82) is 0 Å². The number of amides is 2. The van der Waals surface area contributed by atoms with E-state index in [1.165, 1.54) is 0 Å². The SMILES string of the molecule is C=CCN1C(=O)C2(CC(CN3C(=O)C(=O)c4cc(Cl)ccc43)C3CCCN32)c2cc(Cl)ccc21. The molecule has 4 aliphatic rings. The zero-order valence-corrected chi connectivity index (χ0v) is 20.0. The fourth-order valence-electron chi connectivity index (χ4n) is 6.57. The van der Waals surface area contributed by atoms with Crippen LogP contribution in [0.2, 0.25) is 10.0 Å². The molecule has 6 nitrogen and oxygen atoms in total. The number of ketones is 1. The first kappa shape index (κ1) is 21.8. The number of hydrogen-bond acceptors (Lipinski definition) is 4. The van der Waals surface area contributed by atoms with Gasteiger partial charge >= 0.3 is 0 Å². The van der Waals surface area contributed by atoms with Crippen molar-refractivity contribution in [3.63, 3.8) is 0 Å². The van der Waals surface area contributed by atoms with Crippen molar-refractivity contribution in [2.75, 3.05) is 29.4 Å². The number of halogens is 2. The van der Waals surface area contributed by atoms with Gasteiger partial charge in [-0.25, -0.2) is 0 Å². The highest BCUT2D eigenvalue weighted by Crippen LogP contribution is 2.56. The van der Waals surface area contributed by atoms with Gasteiger partial charge in [0.15, 0.2) is 0 Å². The second kappa shape index (κ2) is 7.67. The first-order valence-electron chi connectivity index (χ1n) is 11.5. The first-order valence-corrected chi connectivity index (χ1v) is 12.3. The molecule has 8 heteroatoms. The van der Waals surface area contributed by atoms with Crippen molar-refractivity contribution in [2.24, 2.45) is 5.92 Å². The number of fused-ring (bicyclic) bond motifs is 5. The van der Waals surface area contributed by atoms with Gasteiger partial charge in [-0.2, -0.15) is 0 Å². The van der Waals surface area contributed by atoms with E-state index in [4.69, 9.17) is 23.2 Å². The molecule has 0 radical (unpaired) electrons. The van der Waals surface area contributed by atoms with Gasteiger partial charge in [0.1, 0.15) is 5.54 Å². The number of benzene rings is 2. The van der Waals surface area contributed by atoms with Gasteiger partial charge in [0.25, 0.3) is 17.6 Å². The van der Waals surface area contributed by atoms with Crippen LogP contribution in [0.15, 0.2) is 49.1 Å². The predicted octanol–water partition coefficient (Wildman–Crippen LogP) is 4.44. The van der Waals surface area contributed by atoms with E-state index in [-0.39, 0.29) is 17.9 Å². The Balaban J connectivity index is 1.41. The van der Waals surface area contributed by atoms with Crippen LogP contribution in [0.1, 0.15) is 35.2 Å². The summed E-state index contributed by atoms with van der Waals surface area (Å²) in [4.78, 5) is 45.3. The van der Waals surface area contributed by atoms with Crippen LogP contribution in [0.5, 0.6) is 0 Å². The van der Waals surface area contributed by atoms with E-state index in [9.17, 15) is 14.4 Å². The van der Waals surface area contributed by atoms with Crippen LogP contribution in [0, 0.1) is 5.92 Å². The molecule has 3 unspecified atom stereocenters. The summed E-state index contributed by atoms with van der Waals surface area (Å²) in [6.45, 7) is 5.45. The molecule has 4 aliphatic heterocycles. The fraction of sp³-hybridized carbons (Fsp3) is 0.346. The Bertz CT molecular complexity index is 1280. The van der Waals surface area contributed by atoms with Crippen LogP contribution >= 0.6 is 23.2 Å². The summed E-state index contributed by atoms with van der Waals surface area (Å²) in [6, 6.07) is 10.8. The molecular formula is C26H23Cl2N3O3. The summed E-state index contributed by atoms with van der Waals surface area (Å²) in [5.41, 5.74) is 1.93. The molecule has 2 aromatic carbocycles. The Labute approximate surface area is 207 Å². The summed E-state index contributed by atoms with van der Waals surface area (Å²) in [6.07, 6.45) is 4.23. The van der Waals surface area contributed by atoms with Crippen LogP contribution in [-0.4, -0.2) is 48.2 Å². The fourth-order valence-corrected chi connectivity index (χ4v) is 6.92. The van der Waals surface area contributed by atoms with Gasteiger partial charge in [-0.15, -0.1) is 6.58 Å². The molecule has 6 rings (SSSR count). The largest absolute Gasteiger partial charge is 0.306 e. The van der Waals surface area contributed by atoms with Gasteiger partial charge < -0.3 is 9.80 Å². The molecule has 0 N–H and O–H groups in total. The second-order valence-corrected chi connectivity index (χ2v) is 10.4. The summed E-state index contributed by atoms with van der Waals surface area (Å²) < 4.78 is 0. The molecule has 0 aliphatic carbocycles. The van der Waals surface area contributed by atoms with E-state index < -0.39 is 17.2 Å². The third kappa shape index (κ3) is 2.82. The van der Waals surface area contributed by atoms with Crippen molar-refractivity contribution in [3.8, 4) is 0 Å². The summed E-state index contributed by atoms with van der Waals surface area (Å²) in [5.74, 6) is -0.993. The zero-order chi connectivity index (χ0) is 23.8. The summed E-state index contributed by atoms with van der Waals surface area (Å²) >= 11 is 12.5. The normalized spacial score (nSPS) is 27.6. The molecular weight excluding hydrogens is 473 g/mol. The molecule has 3 atom stereocenters. The maximum atomic E-state index is 14.0. The Morgan fingerprint density at radius 2 is 1.76 bits per heavy atom. The van der Waals surface area contributed by atoms with E-state index in [0.29, 0.717) is 40.8 Å². The third-order valence-electron chi connectivity index (χ3n) is 7.85. The molecule has 1 spiro atoms. The van der Waals surface area contributed by atoms with Crippen molar-refractivity contribution < 1.29 is 14.4 Å². The lowest BCUT2D eigenvalue weighted by Crippen LogP contribution is -2.50. The minimum absolute atomic E-state index is 0.0281. The second-order valence-electron chi connectivity index (χ2n) is 9.50. The molecule has 34 heavy (non-hydrogen) atoms. The van der Waals surface area contributed by atoms with Crippen LogP contribution in [0.3, 0.4) is 0 Å². The number of Topliss-reactive ketones (excluding diaryl/α,β-unsaturated/α-hetero) is 1. The minimum Gasteiger partial charge on any atom is -0.306 e. The molecule has 2 aromatic rings. The highest BCUT2D eigenvalue weighted by atomic mass is 35.5. The van der Waals surface area contributed by atoms with E-state index in [0.717, 1.165) is 30.6 Å². The lowest BCUT2D eigenvalue weighted by molar-refractivity contribution is -0.128. The molecule has 4 heterocycles. The standard InChI is InChI=1S/C26H23Cl2N3O3/c1-2-9-29-22-8-6-17(28)12-19(22)26(25(29)34)13-15(20-4-3-10-31(20)26)14-30-21-7-5-16(27)11-18(21)23(32)24(30)33/h2,5-8,11-12,15,20H,1,3-4,9-10,13-14H2. The number of nitrogens with zero attached hydrogens (tertiary/aromatic N) is 3. The van der Waals surface area contributed by atoms with Gasteiger partial charge in [0.05, 0.1) is 11.3 Å². The zero-order valence-electron chi connectivity index (χ0n) is 18.5. The topological polar surface area (TPSA) is 60.9 Å². The molecule has 2 fully saturated rings. The van der Waals surface area contributed by atoms with Crippen LogP contribution < -0.4 is 9.80 Å². The highest BCUT2D eigenvalue weighted by Gasteiger charge is 2.63. The van der Waals surface area contributed by atoms with Crippen LogP contribution in [-0.2, 0) is 15.1 Å². The Hall–Kier alpha value is -2.67. The van der Waals surface area contributed by atoms with Crippen LogP contribution in [0.4, 0.5) is 11.4 Å². The van der Waals surface area contributed by atoms with Crippen molar-refractivity contribution in [3.05, 3.63) is 70.2 Å². The lowest BCUT2D eigenvalue weighted by atomic mass is 9.84. The number of carbonyl (C=O) groups is 3. The van der Waals surface area contributed by atoms with Crippen molar-refractivity contribution in [2.45, 2.75) is 30.8 Å². The minimum atomic E-state index is -0.815. The van der Waals surface area contributed by atoms with Crippen molar-refractivity contribution >= 4 is 52.2 Å². The van der Waals surface area contributed by atoms with Crippen LogP contribution in [0.25, 0.3) is 0 Å². The number of hydrogen-bond donors (Lipinski definition) is 0. The average Bonchev–Trinajstić information content (AvgIpc) is 3.52. The van der Waals surface area contributed by atoms with E-state index in [1.54, 1.807) is 34.1 Å². The Morgan fingerprint density at radius 3 is 2.53 bits per heavy atom.